The molecule has 130 valence electrons. The summed E-state index contributed by atoms with van der Waals surface area (Å²) in [4.78, 5) is 16.2. The van der Waals surface area contributed by atoms with Gasteiger partial charge in [0.2, 0.25) is 0 Å². The van der Waals surface area contributed by atoms with E-state index in [1.807, 2.05) is 13.2 Å². The van der Waals surface area contributed by atoms with E-state index in [9.17, 15) is 9.18 Å². The van der Waals surface area contributed by atoms with Crippen molar-refractivity contribution in [1.29, 1.82) is 0 Å². The molecule has 0 saturated carbocycles. The number of hydrogen-bond donors (Lipinski definition) is 0. The second-order valence-corrected chi connectivity index (χ2v) is 6.51. The molecule has 24 heavy (non-hydrogen) atoms. The Kier molecular flexibility index (Phi) is 4.71. The van der Waals surface area contributed by atoms with Gasteiger partial charge in [-0.2, -0.15) is 5.10 Å². The number of halogens is 1. The van der Waals surface area contributed by atoms with E-state index in [-0.39, 0.29) is 11.9 Å². The first kappa shape index (κ1) is 16.7. The molecule has 2 aromatic heterocycles. The van der Waals surface area contributed by atoms with Gasteiger partial charge in [-0.25, -0.2) is 4.39 Å². The van der Waals surface area contributed by atoms with Crippen LogP contribution in [-0.2, 0) is 13.6 Å². The van der Waals surface area contributed by atoms with E-state index >= 15 is 0 Å². The topological polar surface area (TPSA) is 54.5 Å². The first-order chi connectivity index (χ1) is 11.4. The minimum Gasteiger partial charge on any atom is -0.469 e. The number of rotatable bonds is 5. The van der Waals surface area contributed by atoms with Gasteiger partial charge in [0.05, 0.1) is 18.0 Å². The number of nitrogens with zero attached hydrogens (tertiary/aromatic N) is 4. The average molecular weight is 334 g/mol. The van der Waals surface area contributed by atoms with Crippen LogP contribution in [0.15, 0.2) is 29.1 Å². The maximum absolute atomic E-state index is 13.9. The van der Waals surface area contributed by atoms with Crippen LogP contribution in [0, 0.1) is 6.92 Å². The van der Waals surface area contributed by atoms with E-state index in [1.165, 1.54) is 6.26 Å². The molecule has 3 rings (SSSR count). The molecule has 2 aromatic rings. The maximum atomic E-state index is 13.9. The second-order valence-electron chi connectivity index (χ2n) is 6.51. The van der Waals surface area contributed by atoms with Crippen LogP contribution < -0.4 is 0 Å². The minimum atomic E-state index is -0.856. The summed E-state index contributed by atoms with van der Waals surface area (Å²) >= 11 is 0. The van der Waals surface area contributed by atoms with E-state index in [1.54, 1.807) is 35.8 Å². The number of aromatic nitrogens is 2. The zero-order chi connectivity index (χ0) is 17.3. The first-order valence-electron chi connectivity index (χ1n) is 8.09. The normalized spacial score (nSPS) is 21.3. The summed E-state index contributed by atoms with van der Waals surface area (Å²) in [5, 5.41) is 4.16. The van der Waals surface area contributed by atoms with Crippen LogP contribution in [0.1, 0.15) is 28.1 Å². The molecule has 1 aliphatic heterocycles. The molecule has 2 atom stereocenters. The predicted molar refractivity (Wildman–Crippen MR) is 87.3 cm³/mol. The highest BCUT2D eigenvalue weighted by Crippen LogP contribution is 2.24. The van der Waals surface area contributed by atoms with Crippen LogP contribution >= 0.6 is 0 Å². The van der Waals surface area contributed by atoms with Crippen LogP contribution in [0.4, 0.5) is 4.39 Å². The molecular weight excluding hydrogens is 311 g/mol. The van der Waals surface area contributed by atoms with Crippen molar-refractivity contribution in [2.75, 3.05) is 20.1 Å². The quantitative estimate of drug-likeness (QED) is 0.839. The number of furan rings is 1. The van der Waals surface area contributed by atoms with Gasteiger partial charge in [-0.15, -0.1) is 0 Å². The van der Waals surface area contributed by atoms with E-state index < -0.39 is 6.17 Å². The van der Waals surface area contributed by atoms with E-state index in [4.69, 9.17) is 4.42 Å². The van der Waals surface area contributed by atoms with Gasteiger partial charge in [0.1, 0.15) is 11.9 Å². The number of carbonyl (C=O) groups excluding carboxylic acids is 1. The standard InChI is InChI=1S/C17H23FN4O2/c1-12-16(4-5-24-12)17(23)20(2)11-15-6-14(18)10-22(15)9-13-7-19-21(3)8-13/h4-5,7-8,14-15H,6,9-11H2,1-3H3/t14-,15-/m0/s1. The molecule has 6 nitrogen and oxygen atoms in total. The monoisotopic (exact) mass is 334 g/mol. The number of amides is 1. The molecular formula is C17H23FN4O2. The Morgan fingerprint density at radius 2 is 2.33 bits per heavy atom. The van der Waals surface area contributed by atoms with Crippen molar-refractivity contribution in [1.82, 2.24) is 19.6 Å². The van der Waals surface area contributed by atoms with Crippen molar-refractivity contribution in [2.24, 2.45) is 7.05 Å². The molecule has 3 heterocycles. The van der Waals surface area contributed by atoms with Gasteiger partial charge in [0.25, 0.3) is 5.91 Å². The number of likely N-dealkylation sites (N-methyl/N-ethyl adjacent to an activating group) is 1. The van der Waals surface area contributed by atoms with Gasteiger partial charge in [-0.3, -0.25) is 14.4 Å². The molecule has 1 aliphatic rings. The van der Waals surface area contributed by atoms with Crippen LogP contribution in [-0.4, -0.2) is 57.8 Å². The van der Waals surface area contributed by atoms with Crippen molar-refractivity contribution >= 4 is 5.91 Å². The molecule has 0 spiro atoms. The van der Waals surface area contributed by atoms with E-state index in [0.29, 0.717) is 37.4 Å². The number of aryl methyl sites for hydroxylation is 2. The lowest BCUT2D eigenvalue weighted by Crippen LogP contribution is -2.41. The summed E-state index contributed by atoms with van der Waals surface area (Å²) in [6, 6.07) is 1.68. The first-order valence-corrected chi connectivity index (χ1v) is 8.09. The van der Waals surface area contributed by atoms with Crippen LogP contribution in [0.25, 0.3) is 0 Å². The van der Waals surface area contributed by atoms with Gasteiger partial charge >= 0.3 is 0 Å². The lowest BCUT2D eigenvalue weighted by molar-refractivity contribution is 0.0748. The minimum absolute atomic E-state index is 0.00126. The highest BCUT2D eigenvalue weighted by molar-refractivity contribution is 5.94. The predicted octanol–water partition coefficient (Wildman–Crippen LogP) is 2.01. The summed E-state index contributed by atoms with van der Waals surface area (Å²) < 4.78 is 20.9. The van der Waals surface area contributed by atoms with Crippen molar-refractivity contribution in [3.05, 3.63) is 41.6 Å². The number of carbonyl (C=O) groups is 1. The molecule has 0 radical (unpaired) electrons. The van der Waals surface area contributed by atoms with E-state index in [2.05, 4.69) is 10.00 Å². The molecule has 7 heteroatoms. The lowest BCUT2D eigenvalue weighted by atomic mass is 10.1. The summed E-state index contributed by atoms with van der Waals surface area (Å²) in [5.74, 6) is 0.513. The van der Waals surface area contributed by atoms with Crippen molar-refractivity contribution in [3.63, 3.8) is 0 Å². The fraction of sp³-hybridized carbons (Fsp3) is 0.529. The summed E-state index contributed by atoms with van der Waals surface area (Å²) in [6.45, 7) is 3.30. The molecule has 1 saturated heterocycles. The van der Waals surface area contributed by atoms with Crippen LogP contribution in [0.2, 0.25) is 0 Å². The summed E-state index contributed by atoms with van der Waals surface area (Å²) in [6.07, 6.45) is 4.84. The fourth-order valence-corrected chi connectivity index (χ4v) is 3.31. The Hall–Kier alpha value is -2.15. The molecule has 0 bridgehead atoms. The fourth-order valence-electron chi connectivity index (χ4n) is 3.31. The third kappa shape index (κ3) is 3.51. The van der Waals surface area contributed by atoms with Gasteiger partial charge in [-0.1, -0.05) is 0 Å². The van der Waals surface area contributed by atoms with Crippen molar-refractivity contribution < 1.29 is 13.6 Å². The van der Waals surface area contributed by atoms with Crippen LogP contribution in [0.3, 0.4) is 0 Å². The number of alkyl halides is 1. The zero-order valence-corrected chi connectivity index (χ0v) is 14.3. The Morgan fingerprint density at radius 3 is 2.96 bits per heavy atom. The highest BCUT2D eigenvalue weighted by atomic mass is 19.1. The van der Waals surface area contributed by atoms with Crippen molar-refractivity contribution in [2.45, 2.75) is 32.1 Å². The summed E-state index contributed by atoms with van der Waals surface area (Å²) in [5.41, 5.74) is 1.61. The molecule has 0 aromatic carbocycles. The Bertz CT molecular complexity index is 711. The lowest BCUT2D eigenvalue weighted by Gasteiger charge is -2.28. The summed E-state index contributed by atoms with van der Waals surface area (Å²) in [7, 11) is 3.62. The Morgan fingerprint density at radius 1 is 1.54 bits per heavy atom. The van der Waals surface area contributed by atoms with Crippen LogP contribution in [0.5, 0.6) is 0 Å². The van der Waals surface area contributed by atoms with Gasteiger partial charge < -0.3 is 9.32 Å². The highest BCUT2D eigenvalue weighted by Gasteiger charge is 2.34. The SMILES string of the molecule is Cc1occc1C(=O)N(C)C[C@@H]1C[C@H](F)CN1Cc1cnn(C)c1. The molecule has 1 amide bonds. The second kappa shape index (κ2) is 6.76. The molecule has 0 aliphatic carbocycles. The molecule has 1 fully saturated rings. The Balaban J connectivity index is 1.65. The third-order valence-corrected chi connectivity index (χ3v) is 4.54. The maximum Gasteiger partial charge on any atom is 0.257 e. The zero-order valence-electron chi connectivity index (χ0n) is 14.3. The van der Waals surface area contributed by atoms with Gasteiger partial charge in [0, 0.05) is 51.5 Å². The smallest absolute Gasteiger partial charge is 0.257 e. The molecule has 0 N–H and O–H groups in total. The number of hydrogen-bond acceptors (Lipinski definition) is 4. The number of likely N-dealkylation sites (tertiary alicyclic amines) is 1. The van der Waals surface area contributed by atoms with Crippen molar-refractivity contribution in [3.8, 4) is 0 Å². The van der Waals surface area contributed by atoms with Gasteiger partial charge in [-0.05, 0) is 19.4 Å². The van der Waals surface area contributed by atoms with E-state index in [0.717, 1.165) is 5.56 Å². The van der Waals surface area contributed by atoms with Gasteiger partial charge in [0.15, 0.2) is 0 Å². The third-order valence-electron chi connectivity index (χ3n) is 4.54. The Labute approximate surface area is 140 Å². The largest absolute Gasteiger partial charge is 0.469 e. The molecule has 0 unspecified atom stereocenters. The average Bonchev–Trinajstić information content (AvgIpc) is 3.21.